The number of carbonyl (C=O) groups excluding carboxylic acids is 2. The van der Waals surface area contributed by atoms with Crippen molar-refractivity contribution in [3.63, 3.8) is 0 Å². The second-order valence-corrected chi connectivity index (χ2v) is 6.11. The Bertz CT molecular complexity index is 846. The van der Waals surface area contributed by atoms with Crippen molar-refractivity contribution in [3.05, 3.63) is 63.7 Å². The zero-order valence-corrected chi connectivity index (χ0v) is 15.4. The van der Waals surface area contributed by atoms with Crippen LogP contribution in [0, 0.1) is 24.0 Å². The lowest BCUT2D eigenvalue weighted by Crippen LogP contribution is -2.37. The van der Waals surface area contributed by atoms with Crippen LogP contribution in [0.25, 0.3) is 0 Å². The lowest BCUT2D eigenvalue weighted by atomic mass is 10.1. The van der Waals surface area contributed by atoms with Crippen molar-refractivity contribution >= 4 is 23.2 Å². The van der Waals surface area contributed by atoms with E-state index in [1.807, 2.05) is 32.0 Å². The Labute approximate surface area is 156 Å². The number of hydrogen-bond acceptors (Lipinski definition) is 5. The summed E-state index contributed by atoms with van der Waals surface area (Å²) in [5, 5.41) is 13.6. The van der Waals surface area contributed by atoms with Crippen LogP contribution in [-0.4, -0.2) is 41.8 Å². The monoisotopic (exact) mass is 371 g/mol. The number of nitrogens with zero attached hydrogens (tertiary/aromatic N) is 2. The molecule has 0 saturated carbocycles. The minimum Gasteiger partial charge on any atom is -0.484 e. The minimum absolute atomic E-state index is 0.124. The van der Waals surface area contributed by atoms with E-state index < -0.39 is 10.8 Å². The summed E-state index contributed by atoms with van der Waals surface area (Å²) in [7, 11) is 1.49. The number of rotatable bonds is 7. The molecule has 1 N–H and O–H groups in total. The Kier molecular flexibility index (Phi) is 6.48. The van der Waals surface area contributed by atoms with Crippen molar-refractivity contribution in [2.75, 3.05) is 25.5 Å². The standard InChI is InChI=1S/C19H21N3O5/c1-13-6-4-7-14(2)19(13)20-17(23)11-21(3)18(24)12-27-16-9-5-8-15(10-16)22(25)26/h4-10H,11-12H2,1-3H3,(H,20,23). The quantitative estimate of drug-likeness (QED) is 0.595. The van der Waals surface area contributed by atoms with Gasteiger partial charge < -0.3 is 15.0 Å². The van der Waals surface area contributed by atoms with Gasteiger partial charge >= 0.3 is 0 Å². The van der Waals surface area contributed by atoms with Gasteiger partial charge in [0.1, 0.15) is 5.75 Å². The van der Waals surface area contributed by atoms with Gasteiger partial charge in [-0.2, -0.15) is 0 Å². The highest BCUT2D eigenvalue weighted by Crippen LogP contribution is 2.20. The second-order valence-electron chi connectivity index (χ2n) is 6.11. The third kappa shape index (κ3) is 5.53. The summed E-state index contributed by atoms with van der Waals surface area (Å²) in [6.07, 6.45) is 0. The number of hydrogen-bond donors (Lipinski definition) is 1. The van der Waals surface area contributed by atoms with Gasteiger partial charge in [-0.15, -0.1) is 0 Å². The molecule has 2 aromatic rings. The van der Waals surface area contributed by atoms with Crippen molar-refractivity contribution < 1.29 is 19.2 Å². The van der Waals surface area contributed by atoms with E-state index in [1.54, 1.807) is 0 Å². The summed E-state index contributed by atoms with van der Waals surface area (Å²) in [4.78, 5) is 35.8. The van der Waals surface area contributed by atoms with Crippen LogP contribution in [-0.2, 0) is 9.59 Å². The lowest BCUT2D eigenvalue weighted by molar-refractivity contribution is -0.384. The van der Waals surface area contributed by atoms with Gasteiger partial charge in [0.25, 0.3) is 11.6 Å². The van der Waals surface area contributed by atoms with Crippen LogP contribution in [0.1, 0.15) is 11.1 Å². The minimum atomic E-state index is -0.543. The number of carbonyl (C=O) groups is 2. The Morgan fingerprint density at radius 1 is 1.15 bits per heavy atom. The molecule has 0 bridgehead atoms. The highest BCUT2D eigenvalue weighted by Gasteiger charge is 2.15. The molecule has 2 aromatic carbocycles. The maximum Gasteiger partial charge on any atom is 0.273 e. The van der Waals surface area contributed by atoms with Crippen LogP contribution in [0.5, 0.6) is 5.75 Å². The summed E-state index contributed by atoms with van der Waals surface area (Å²) >= 11 is 0. The molecular weight excluding hydrogens is 350 g/mol. The van der Waals surface area contributed by atoms with E-state index in [9.17, 15) is 19.7 Å². The van der Waals surface area contributed by atoms with E-state index >= 15 is 0 Å². The molecule has 142 valence electrons. The molecule has 8 nitrogen and oxygen atoms in total. The first-order valence-electron chi connectivity index (χ1n) is 8.25. The van der Waals surface area contributed by atoms with E-state index in [0.717, 1.165) is 16.8 Å². The average molecular weight is 371 g/mol. The van der Waals surface area contributed by atoms with Crippen molar-refractivity contribution in [2.24, 2.45) is 0 Å². The average Bonchev–Trinajstić information content (AvgIpc) is 2.63. The first-order valence-corrected chi connectivity index (χ1v) is 8.25. The van der Waals surface area contributed by atoms with E-state index in [2.05, 4.69) is 5.32 Å². The highest BCUT2D eigenvalue weighted by atomic mass is 16.6. The van der Waals surface area contributed by atoms with Crippen LogP contribution >= 0.6 is 0 Å². The number of para-hydroxylation sites is 1. The van der Waals surface area contributed by atoms with E-state index in [1.165, 1.54) is 36.2 Å². The summed E-state index contributed by atoms with van der Waals surface area (Å²) in [5.74, 6) is -0.525. The Hall–Kier alpha value is -3.42. The third-order valence-corrected chi connectivity index (χ3v) is 3.94. The number of nitro benzene ring substituents is 1. The first-order chi connectivity index (χ1) is 12.8. The maximum absolute atomic E-state index is 12.2. The Morgan fingerprint density at radius 3 is 2.41 bits per heavy atom. The van der Waals surface area contributed by atoms with E-state index in [4.69, 9.17) is 4.74 Å². The topological polar surface area (TPSA) is 102 Å². The van der Waals surface area contributed by atoms with Crippen LogP contribution in [0.4, 0.5) is 11.4 Å². The van der Waals surface area contributed by atoms with Crippen molar-refractivity contribution in [2.45, 2.75) is 13.8 Å². The van der Waals surface area contributed by atoms with Gasteiger partial charge in [0, 0.05) is 18.8 Å². The van der Waals surface area contributed by atoms with Crippen LogP contribution in [0.3, 0.4) is 0 Å². The van der Waals surface area contributed by atoms with Crippen molar-refractivity contribution in [3.8, 4) is 5.75 Å². The fourth-order valence-corrected chi connectivity index (χ4v) is 2.44. The first kappa shape index (κ1) is 19.9. The molecule has 0 fully saturated rings. The molecular formula is C19H21N3O5. The molecule has 27 heavy (non-hydrogen) atoms. The van der Waals surface area contributed by atoms with Crippen LogP contribution < -0.4 is 10.1 Å². The highest BCUT2D eigenvalue weighted by molar-refractivity contribution is 5.95. The summed E-state index contributed by atoms with van der Waals surface area (Å²) < 4.78 is 5.29. The van der Waals surface area contributed by atoms with Crippen molar-refractivity contribution in [1.29, 1.82) is 0 Å². The predicted molar refractivity (Wildman–Crippen MR) is 101 cm³/mol. The van der Waals surface area contributed by atoms with Gasteiger partial charge in [0.2, 0.25) is 5.91 Å². The van der Waals surface area contributed by atoms with Gasteiger partial charge in [-0.3, -0.25) is 19.7 Å². The smallest absolute Gasteiger partial charge is 0.273 e. The molecule has 0 aromatic heterocycles. The molecule has 0 atom stereocenters. The molecule has 2 amide bonds. The predicted octanol–water partition coefficient (Wildman–Crippen LogP) is 2.69. The van der Waals surface area contributed by atoms with Gasteiger partial charge in [0.15, 0.2) is 6.61 Å². The molecule has 0 spiro atoms. The van der Waals surface area contributed by atoms with Crippen LogP contribution in [0.15, 0.2) is 42.5 Å². The summed E-state index contributed by atoms with van der Waals surface area (Å²) in [6, 6.07) is 11.3. The molecule has 8 heteroatoms. The zero-order valence-electron chi connectivity index (χ0n) is 15.4. The van der Waals surface area contributed by atoms with Gasteiger partial charge in [-0.05, 0) is 31.0 Å². The molecule has 0 radical (unpaired) electrons. The number of non-ortho nitro benzene ring substituents is 1. The van der Waals surface area contributed by atoms with Gasteiger partial charge in [0.05, 0.1) is 17.5 Å². The second kappa shape index (κ2) is 8.79. The molecule has 0 aliphatic rings. The molecule has 0 unspecified atom stereocenters. The Morgan fingerprint density at radius 2 is 1.78 bits per heavy atom. The van der Waals surface area contributed by atoms with E-state index in [-0.39, 0.29) is 30.5 Å². The molecule has 0 aliphatic carbocycles. The Balaban J connectivity index is 1.89. The lowest BCUT2D eigenvalue weighted by Gasteiger charge is -2.18. The molecule has 0 saturated heterocycles. The molecule has 2 rings (SSSR count). The number of ether oxygens (including phenoxy) is 1. The zero-order chi connectivity index (χ0) is 20.0. The third-order valence-electron chi connectivity index (χ3n) is 3.94. The number of benzene rings is 2. The maximum atomic E-state index is 12.2. The van der Waals surface area contributed by atoms with Crippen molar-refractivity contribution in [1.82, 2.24) is 4.90 Å². The number of nitrogens with one attached hydrogen (secondary N) is 1. The largest absolute Gasteiger partial charge is 0.484 e. The summed E-state index contributed by atoms with van der Waals surface area (Å²) in [5.41, 5.74) is 2.48. The van der Waals surface area contributed by atoms with Crippen LogP contribution in [0.2, 0.25) is 0 Å². The van der Waals surface area contributed by atoms with Gasteiger partial charge in [-0.1, -0.05) is 24.3 Å². The number of nitro groups is 1. The van der Waals surface area contributed by atoms with E-state index in [0.29, 0.717) is 0 Å². The number of aryl methyl sites for hydroxylation is 2. The molecule has 0 heterocycles. The fraction of sp³-hybridized carbons (Fsp3) is 0.263. The number of likely N-dealkylation sites (N-methyl/N-ethyl adjacent to an activating group) is 1. The SMILES string of the molecule is Cc1cccc(C)c1NC(=O)CN(C)C(=O)COc1cccc([N+](=O)[O-])c1. The number of anilines is 1. The number of amides is 2. The summed E-state index contributed by atoms with van der Waals surface area (Å²) in [6.45, 7) is 3.33. The normalized spacial score (nSPS) is 10.2. The molecule has 0 aliphatic heterocycles. The van der Waals surface area contributed by atoms with Gasteiger partial charge in [-0.25, -0.2) is 0 Å². The fourth-order valence-electron chi connectivity index (χ4n) is 2.44.